The summed E-state index contributed by atoms with van der Waals surface area (Å²) in [4.78, 5) is 34.0. The van der Waals surface area contributed by atoms with Crippen molar-refractivity contribution in [2.75, 3.05) is 0 Å². The monoisotopic (exact) mass is 338 g/mol. The molecule has 24 heavy (non-hydrogen) atoms. The normalized spacial score (nSPS) is 15.7. The topological polar surface area (TPSA) is 99.1 Å². The fraction of sp³-hybridized carbons (Fsp3) is 0.471. The first-order valence-electron chi connectivity index (χ1n) is 7.48. The van der Waals surface area contributed by atoms with E-state index in [0.717, 1.165) is 19.4 Å². The van der Waals surface area contributed by atoms with Gasteiger partial charge in [0.25, 0.3) is 0 Å². The molecule has 0 saturated carbocycles. The van der Waals surface area contributed by atoms with Crippen LogP contribution in [0.4, 0.5) is 0 Å². The van der Waals surface area contributed by atoms with E-state index in [1.54, 1.807) is 12.1 Å². The van der Waals surface area contributed by atoms with Crippen molar-refractivity contribution >= 4 is 18.2 Å². The van der Waals surface area contributed by atoms with E-state index in [-0.39, 0.29) is 6.61 Å². The molecular formula is C17H22O7. The summed E-state index contributed by atoms with van der Waals surface area (Å²) in [5, 5.41) is 9.83. The zero-order valence-corrected chi connectivity index (χ0v) is 13.9. The predicted molar refractivity (Wildman–Crippen MR) is 83.9 cm³/mol. The first-order valence-corrected chi connectivity index (χ1v) is 7.48. The minimum Gasteiger partial charge on any atom is -0.456 e. The SMILES string of the molecule is CC(=O)O[C@H]([C@@H](OC(C)=O)[C@H](C=O)OCc1ccccc1)[C@H](C)O. The highest BCUT2D eigenvalue weighted by atomic mass is 16.6. The van der Waals surface area contributed by atoms with Crippen LogP contribution in [0.15, 0.2) is 30.3 Å². The van der Waals surface area contributed by atoms with Crippen LogP contribution in [-0.2, 0) is 35.2 Å². The van der Waals surface area contributed by atoms with Gasteiger partial charge in [0.05, 0.1) is 12.7 Å². The molecule has 4 atom stereocenters. The second kappa shape index (κ2) is 9.79. The molecule has 0 aromatic heterocycles. The number of esters is 2. The number of carbonyl (C=O) groups is 3. The summed E-state index contributed by atoms with van der Waals surface area (Å²) < 4.78 is 15.6. The van der Waals surface area contributed by atoms with E-state index in [0.29, 0.717) is 6.29 Å². The number of aldehydes is 1. The van der Waals surface area contributed by atoms with Crippen molar-refractivity contribution in [3.8, 4) is 0 Å². The molecule has 0 spiro atoms. The third kappa shape index (κ3) is 6.47. The van der Waals surface area contributed by atoms with E-state index < -0.39 is 36.4 Å². The highest BCUT2D eigenvalue weighted by Crippen LogP contribution is 2.17. The Labute approximate surface area is 140 Å². The van der Waals surface area contributed by atoms with Crippen LogP contribution in [0, 0.1) is 0 Å². The van der Waals surface area contributed by atoms with E-state index in [1.165, 1.54) is 6.92 Å². The zero-order chi connectivity index (χ0) is 18.1. The van der Waals surface area contributed by atoms with Crippen molar-refractivity contribution in [3.63, 3.8) is 0 Å². The Kier molecular flexibility index (Phi) is 8.08. The number of benzene rings is 1. The van der Waals surface area contributed by atoms with Crippen LogP contribution in [0.5, 0.6) is 0 Å². The standard InChI is InChI=1S/C17H22O7/c1-11(19)16(23-12(2)20)17(24-13(3)21)15(9-18)22-10-14-7-5-4-6-8-14/h4-9,11,15-17,19H,10H2,1-3H3/t11-,15-,16-,17-/m0/s1. The molecule has 0 amide bonds. The minimum absolute atomic E-state index is 0.0919. The molecule has 0 radical (unpaired) electrons. The number of aliphatic hydroxyl groups excluding tert-OH is 1. The molecular weight excluding hydrogens is 316 g/mol. The molecule has 1 aromatic rings. The fourth-order valence-corrected chi connectivity index (χ4v) is 2.12. The van der Waals surface area contributed by atoms with Gasteiger partial charge in [-0.1, -0.05) is 30.3 Å². The molecule has 1 N–H and O–H groups in total. The van der Waals surface area contributed by atoms with Crippen molar-refractivity contribution in [1.29, 1.82) is 0 Å². The van der Waals surface area contributed by atoms with Crippen LogP contribution in [0.1, 0.15) is 26.3 Å². The first-order chi connectivity index (χ1) is 11.3. The summed E-state index contributed by atoms with van der Waals surface area (Å²) in [5.74, 6) is -1.36. The lowest BCUT2D eigenvalue weighted by atomic mass is 10.0. The van der Waals surface area contributed by atoms with Crippen LogP contribution in [0.2, 0.25) is 0 Å². The second-order valence-corrected chi connectivity index (χ2v) is 5.29. The third-order valence-electron chi connectivity index (χ3n) is 3.15. The Balaban J connectivity index is 2.93. The highest BCUT2D eigenvalue weighted by Gasteiger charge is 2.38. The lowest BCUT2D eigenvalue weighted by Gasteiger charge is -2.31. The van der Waals surface area contributed by atoms with Gasteiger partial charge in [0.1, 0.15) is 0 Å². The van der Waals surface area contributed by atoms with Gasteiger partial charge in [0, 0.05) is 13.8 Å². The summed E-state index contributed by atoms with van der Waals surface area (Å²) >= 11 is 0. The Hall–Kier alpha value is -2.25. The summed E-state index contributed by atoms with van der Waals surface area (Å²) in [6.45, 7) is 3.76. The molecule has 0 aliphatic carbocycles. The molecule has 0 fully saturated rings. The molecule has 0 unspecified atom stereocenters. The summed E-state index contributed by atoms with van der Waals surface area (Å²) in [7, 11) is 0. The van der Waals surface area contributed by atoms with Gasteiger partial charge >= 0.3 is 11.9 Å². The molecule has 1 rings (SSSR count). The molecule has 7 heteroatoms. The first kappa shape index (κ1) is 19.8. The Morgan fingerprint density at radius 3 is 2.08 bits per heavy atom. The summed E-state index contributed by atoms with van der Waals surface area (Å²) in [6.07, 6.45) is -4.39. The lowest BCUT2D eigenvalue weighted by Crippen LogP contribution is -2.49. The van der Waals surface area contributed by atoms with Crippen molar-refractivity contribution in [1.82, 2.24) is 0 Å². The molecule has 0 aliphatic rings. The van der Waals surface area contributed by atoms with Crippen LogP contribution < -0.4 is 0 Å². The van der Waals surface area contributed by atoms with Gasteiger partial charge in [-0.2, -0.15) is 0 Å². The van der Waals surface area contributed by atoms with E-state index in [4.69, 9.17) is 14.2 Å². The van der Waals surface area contributed by atoms with Crippen LogP contribution in [-0.4, -0.2) is 47.7 Å². The molecule has 7 nitrogen and oxygen atoms in total. The smallest absolute Gasteiger partial charge is 0.303 e. The largest absolute Gasteiger partial charge is 0.456 e. The molecule has 0 heterocycles. The Bertz CT molecular complexity index is 541. The van der Waals surface area contributed by atoms with Crippen LogP contribution >= 0.6 is 0 Å². The number of hydrogen-bond donors (Lipinski definition) is 1. The average molecular weight is 338 g/mol. The van der Waals surface area contributed by atoms with E-state index in [2.05, 4.69) is 0 Å². The molecule has 0 aliphatic heterocycles. The van der Waals surface area contributed by atoms with E-state index >= 15 is 0 Å². The van der Waals surface area contributed by atoms with Gasteiger partial charge in [0.15, 0.2) is 24.6 Å². The molecule has 0 bridgehead atoms. The van der Waals surface area contributed by atoms with Gasteiger partial charge in [-0.3, -0.25) is 9.59 Å². The van der Waals surface area contributed by atoms with Crippen molar-refractivity contribution in [2.45, 2.75) is 51.8 Å². The maximum atomic E-state index is 11.4. The van der Waals surface area contributed by atoms with Gasteiger partial charge in [0.2, 0.25) is 0 Å². The molecule has 132 valence electrons. The quantitative estimate of drug-likeness (QED) is 0.530. The third-order valence-corrected chi connectivity index (χ3v) is 3.15. The highest BCUT2D eigenvalue weighted by molar-refractivity contribution is 5.68. The van der Waals surface area contributed by atoms with Crippen LogP contribution in [0.3, 0.4) is 0 Å². The number of carbonyl (C=O) groups excluding carboxylic acids is 3. The number of aliphatic hydroxyl groups is 1. The Morgan fingerprint density at radius 1 is 1.08 bits per heavy atom. The average Bonchev–Trinajstić information content (AvgIpc) is 2.52. The number of ether oxygens (including phenoxy) is 3. The molecule has 1 aromatic carbocycles. The summed E-state index contributed by atoms with van der Waals surface area (Å²) in [6, 6.07) is 9.08. The molecule has 0 saturated heterocycles. The van der Waals surface area contributed by atoms with Crippen molar-refractivity contribution < 1.29 is 33.7 Å². The number of hydrogen-bond acceptors (Lipinski definition) is 7. The van der Waals surface area contributed by atoms with Gasteiger partial charge in [-0.25, -0.2) is 0 Å². The lowest BCUT2D eigenvalue weighted by molar-refractivity contribution is -0.188. The maximum Gasteiger partial charge on any atom is 0.303 e. The predicted octanol–water partition coefficient (Wildman–Crippen LogP) is 1.01. The zero-order valence-electron chi connectivity index (χ0n) is 13.9. The second-order valence-electron chi connectivity index (χ2n) is 5.29. The summed E-state index contributed by atoms with van der Waals surface area (Å²) in [5.41, 5.74) is 0.812. The van der Waals surface area contributed by atoms with E-state index in [1.807, 2.05) is 18.2 Å². The van der Waals surface area contributed by atoms with Crippen molar-refractivity contribution in [2.24, 2.45) is 0 Å². The van der Waals surface area contributed by atoms with Crippen LogP contribution in [0.25, 0.3) is 0 Å². The maximum absolute atomic E-state index is 11.4. The Morgan fingerprint density at radius 2 is 1.62 bits per heavy atom. The minimum atomic E-state index is -1.26. The van der Waals surface area contributed by atoms with E-state index in [9.17, 15) is 19.5 Å². The van der Waals surface area contributed by atoms with Gasteiger partial charge < -0.3 is 24.1 Å². The fourth-order valence-electron chi connectivity index (χ4n) is 2.12. The van der Waals surface area contributed by atoms with Crippen molar-refractivity contribution in [3.05, 3.63) is 35.9 Å². The van der Waals surface area contributed by atoms with Gasteiger partial charge in [-0.05, 0) is 12.5 Å². The van der Waals surface area contributed by atoms with Gasteiger partial charge in [-0.15, -0.1) is 0 Å². The number of rotatable bonds is 9.